The van der Waals surface area contributed by atoms with Gasteiger partial charge in [0.05, 0.1) is 6.20 Å². The molecule has 1 saturated heterocycles. The second kappa shape index (κ2) is 6.27. The van der Waals surface area contributed by atoms with Gasteiger partial charge in [-0.25, -0.2) is 0 Å². The highest BCUT2D eigenvalue weighted by molar-refractivity contribution is 7.99. The number of nitrogens with zero attached hydrogens (tertiary/aromatic N) is 3. The molecule has 0 radical (unpaired) electrons. The van der Waals surface area contributed by atoms with Gasteiger partial charge in [0.15, 0.2) is 0 Å². The minimum absolute atomic E-state index is 0.927. The summed E-state index contributed by atoms with van der Waals surface area (Å²) in [5.74, 6) is 2.59. The molecule has 0 aromatic carbocycles. The summed E-state index contributed by atoms with van der Waals surface area (Å²) in [6, 6.07) is 0. The molecule has 90 valence electrons. The van der Waals surface area contributed by atoms with Crippen molar-refractivity contribution in [1.82, 2.24) is 20.0 Å². The first-order valence-corrected chi connectivity index (χ1v) is 6.98. The van der Waals surface area contributed by atoms with Crippen molar-refractivity contribution in [1.29, 1.82) is 0 Å². The molecular formula is C11H20N4S. The highest BCUT2D eigenvalue weighted by Gasteiger charge is 2.08. The maximum Gasteiger partial charge on any atom is 0.0534 e. The third-order valence-electron chi connectivity index (χ3n) is 2.80. The summed E-state index contributed by atoms with van der Waals surface area (Å²) in [4.78, 5) is 2.53. The van der Waals surface area contributed by atoms with E-state index in [0.29, 0.717) is 0 Å². The minimum Gasteiger partial charge on any atom is -0.311 e. The van der Waals surface area contributed by atoms with E-state index in [-0.39, 0.29) is 0 Å². The van der Waals surface area contributed by atoms with Crippen molar-refractivity contribution in [3.63, 3.8) is 0 Å². The summed E-state index contributed by atoms with van der Waals surface area (Å²) >= 11 is 2.06. The molecular weight excluding hydrogens is 220 g/mol. The average Bonchev–Trinajstić information content (AvgIpc) is 2.72. The number of hydrogen-bond acceptors (Lipinski definition) is 4. The lowest BCUT2D eigenvalue weighted by molar-refractivity contribution is 0.301. The number of thioether (sulfide) groups is 1. The quantitative estimate of drug-likeness (QED) is 0.762. The third kappa shape index (κ3) is 3.81. The Hall–Kier alpha value is -0.520. The van der Waals surface area contributed by atoms with E-state index in [2.05, 4.69) is 33.3 Å². The number of nitrogens with one attached hydrogen (secondary N) is 1. The van der Waals surface area contributed by atoms with Crippen LogP contribution >= 0.6 is 11.8 Å². The van der Waals surface area contributed by atoms with E-state index in [4.69, 9.17) is 0 Å². The first kappa shape index (κ1) is 12.0. The van der Waals surface area contributed by atoms with Crippen LogP contribution in [0.1, 0.15) is 5.56 Å². The van der Waals surface area contributed by atoms with E-state index in [1.54, 1.807) is 0 Å². The fourth-order valence-electron chi connectivity index (χ4n) is 1.86. The lowest BCUT2D eigenvalue weighted by Gasteiger charge is -2.26. The molecule has 0 bridgehead atoms. The predicted molar refractivity (Wildman–Crippen MR) is 68.7 cm³/mol. The molecule has 0 unspecified atom stereocenters. The summed E-state index contributed by atoms with van der Waals surface area (Å²) in [5.41, 5.74) is 1.26. The SMILES string of the molecule is Cn1cc(CNCCN2CCSCC2)cn1. The van der Waals surface area contributed by atoms with E-state index in [1.165, 1.54) is 36.7 Å². The van der Waals surface area contributed by atoms with Crippen molar-refractivity contribution in [2.75, 3.05) is 37.7 Å². The Bertz CT molecular complexity index is 307. The Morgan fingerprint density at radius 3 is 2.94 bits per heavy atom. The molecule has 1 aliphatic rings. The van der Waals surface area contributed by atoms with Crippen LogP contribution in [0.15, 0.2) is 12.4 Å². The third-order valence-corrected chi connectivity index (χ3v) is 3.74. The molecule has 0 amide bonds. The molecule has 0 aliphatic carbocycles. The van der Waals surface area contributed by atoms with Gasteiger partial charge in [0.2, 0.25) is 0 Å². The van der Waals surface area contributed by atoms with Crippen LogP contribution in [-0.2, 0) is 13.6 Å². The van der Waals surface area contributed by atoms with Gasteiger partial charge in [-0.2, -0.15) is 16.9 Å². The lowest BCUT2D eigenvalue weighted by atomic mass is 10.3. The summed E-state index contributed by atoms with van der Waals surface area (Å²) < 4.78 is 1.85. The van der Waals surface area contributed by atoms with Crippen molar-refractivity contribution in [2.45, 2.75) is 6.54 Å². The molecule has 2 rings (SSSR count). The standard InChI is InChI=1S/C11H20N4S/c1-14-10-11(9-13-14)8-12-2-3-15-4-6-16-7-5-15/h9-10,12H,2-8H2,1H3. The molecule has 1 N–H and O–H groups in total. The monoisotopic (exact) mass is 240 g/mol. The molecule has 1 aromatic rings. The zero-order valence-corrected chi connectivity index (χ0v) is 10.7. The van der Waals surface area contributed by atoms with E-state index in [1.807, 2.05) is 17.9 Å². The van der Waals surface area contributed by atoms with Crippen molar-refractivity contribution in [3.05, 3.63) is 18.0 Å². The van der Waals surface area contributed by atoms with Crippen LogP contribution in [0, 0.1) is 0 Å². The van der Waals surface area contributed by atoms with Gasteiger partial charge in [0.25, 0.3) is 0 Å². The molecule has 0 saturated carbocycles. The normalized spacial score (nSPS) is 17.8. The highest BCUT2D eigenvalue weighted by atomic mass is 32.2. The fourth-order valence-corrected chi connectivity index (χ4v) is 2.84. The van der Waals surface area contributed by atoms with Crippen LogP contribution < -0.4 is 5.32 Å². The maximum atomic E-state index is 4.15. The largest absolute Gasteiger partial charge is 0.311 e. The molecule has 1 aliphatic heterocycles. The second-order valence-electron chi connectivity index (χ2n) is 4.15. The molecule has 1 aromatic heterocycles. The Morgan fingerprint density at radius 2 is 2.25 bits per heavy atom. The first-order valence-electron chi connectivity index (χ1n) is 5.83. The maximum absolute atomic E-state index is 4.15. The second-order valence-corrected chi connectivity index (χ2v) is 5.38. The van der Waals surface area contributed by atoms with Crippen LogP contribution in [-0.4, -0.2) is 52.4 Å². The van der Waals surface area contributed by atoms with Gasteiger partial charge in [0.1, 0.15) is 0 Å². The molecule has 5 heteroatoms. The van der Waals surface area contributed by atoms with Gasteiger partial charge in [-0.3, -0.25) is 4.68 Å². The predicted octanol–water partition coefficient (Wildman–Crippen LogP) is 0.558. The van der Waals surface area contributed by atoms with Crippen molar-refractivity contribution in [3.8, 4) is 0 Å². The van der Waals surface area contributed by atoms with Crippen LogP contribution in [0.4, 0.5) is 0 Å². The van der Waals surface area contributed by atoms with Crippen LogP contribution in [0.5, 0.6) is 0 Å². The number of rotatable bonds is 5. The summed E-state index contributed by atoms with van der Waals surface area (Å²) in [5, 5.41) is 7.61. The number of aromatic nitrogens is 2. The number of hydrogen-bond donors (Lipinski definition) is 1. The van der Waals surface area contributed by atoms with Gasteiger partial charge >= 0.3 is 0 Å². The van der Waals surface area contributed by atoms with E-state index in [0.717, 1.165) is 13.1 Å². The van der Waals surface area contributed by atoms with Crippen molar-refractivity contribution < 1.29 is 0 Å². The Balaban J connectivity index is 1.57. The number of aryl methyl sites for hydroxylation is 1. The van der Waals surface area contributed by atoms with Gasteiger partial charge < -0.3 is 10.2 Å². The van der Waals surface area contributed by atoms with Gasteiger partial charge in [-0.1, -0.05) is 0 Å². The topological polar surface area (TPSA) is 33.1 Å². The molecule has 16 heavy (non-hydrogen) atoms. The smallest absolute Gasteiger partial charge is 0.0534 e. The Kier molecular flexibility index (Phi) is 4.69. The minimum atomic E-state index is 0.927. The summed E-state index contributed by atoms with van der Waals surface area (Å²) in [6.07, 6.45) is 3.98. The van der Waals surface area contributed by atoms with Crippen LogP contribution in [0.25, 0.3) is 0 Å². The van der Waals surface area contributed by atoms with Crippen molar-refractivity contribution in [2.24, 2.45) is 7.05 Å². The van der Waals surface area contributed by atoms with Crippen molar-refractivity contribution >= 4 is 11.8 Å². The molecule has 2 heterocycles. The molecule has 4 nitrogen and oxygen atoms in total. The van der Waals surface area contributed by atoms with Gasteiger partial charge in [-0.05, 0) is 0 Å². The van der Waals surface area contributed by atoms with E-state index < -0.39 is 0 Å². The Morgan fingerprint density at radius 1 is 1.44 bits per heavy atom. The highest BCUT2D eigenvalue weighted by Crippen LogP contribution is 2.07. The molecule has 0 spiro atoms. The van der Waals surface area contributed by atoms with E-state index >= 15 is 0 Å². The van der Waals surface area contributed by atoms with Gasteiger partial charge in [-0.15, -0.1) is 0 Å². The van der Waals surface area contributed by atoms with Gasteiger partial charge in [0, 0.05) is 63.0 Å². The summed E-state index contributed by atoms with van der Waals surface area (Å²) in [6.45, 7) is 5.66. The fraction of sp³-hybridized carbons (Fsp3) is 0.727. The summed E-state index contributed by atoms with van der Waals surface area (Å²) in [7, 11) is 1.95. The zero-order chi connectivity index (χ0) is 11.2. The first-order chi connectivity index (χ1) is 7.84. The molecule has 0 atom stereocenters. The molecule has 1 fully saturated rings. The van der Waals surface area contributed by atoms with Crippen LogP contribution in [0.3, 0.4) is 0 Å². The van der Waals surface area contributed by atoms with Crippen LogP contribution in [0.2, 0.25) is 0 Å². The zero-order valence-electron chi connectivity index (χ0n) is 9.85. The van der Waals surface area contributed by atoms with E-state index in [9.17, 15) is 0 Å². The average molecular weight is 240 g/mol. The Labute approximate surface area is 101 Å². The lowest BCUT2D eigenvalue weighted by Crippen LogP contribution is -2.37.